The maximum atomic E-state index is 11.4. The zero-order chi connectivity index (χ0) is 11.3. The number of esters is 1. The molecule has 0 amide bonds. The number of aromatic nitrogens is 2. The number of nitrogens with two attached hydrogens (primary N) is 1. The highest BCUT2D eigenvalue weighted by atomic mass is 16.5. The molecule has 2 N–H and O–H groups in total. The molecule has 0 aliphatic carbocycles. The van der Waals surface area contributed by atoms with E-state index >= 15 is 0 Å². The number of hydrogen-bond acceptors (Lipinski definition) is 5. The summed E-state index contributed by atoms with van der Waals surface area (Å²) in [6, 6.07) is 0. The summed E-state index contributed by atoms with van der Waals surface area (Å²) in [6.45, 7) is 4.08. The molecule has 82 valence electrons. The minimum atomic E-state index is -0.474. The van der Waals surface area contributed by atoms with Crippen LogP contribution in [-0.4, -0.2) is 22.5 Å². The first-order valence-electron chi connectivity index (χ1n) is 4.97. The van der Waals surface area contributed by atoms with E-state index < -0.39 is 5.97 Å². The van der Waals surface area contributed by atoms with Crippen LogP contribution in [0.1, 0.15) is 36.5 Å². The van der Waals surface area contributed by atoms with Crippen LogP contribution in [0.3, 0.4) is 0 Å². The van der Waals surface area contributed by atoms with Gasteiger partial charge in [-0.3, -0.25) is 0 Å². The van der Waals surface area contributed by atoms with E-state index in [4.69, 9.17) is 10.5 Å². The van der Waals surface area contributed by atoms with Crippen LogP contribution in [0.5, 0.6) is 0 Å². The number of carbonyl (C=O) groups excluding carboxylic acids is 1. The van der Waals surface area contributed by atoms with Gasteiger partial charge >= 0.3 is 5.97 Å². The topological polar surface area (TPSA) is 78.1 Å². The number of carbonyl (C=O) groups is 1. The number of nitrogen functional groups attached to an aromatic ring is 1. The van der Waals surface area contributed by atoms with Crippen molar-refractivity contribution in [3.05, 3.63) is 17.6 Å². The van der Waals surface area contributed by atoms with E-state index in [1.165, 1.54) is 6.20 Å². The van der Waals surface area contributed by atoms with Gasteiger partial charge in [0, 0.05) is 12.6 Å². The van der Waals surface area contributed by atoms with Crippen LogP contribution in [0.25, 0.3) is 0 Å². The van der Waals surface area contributed by atoms with Crippen molar-refractivity contribution in [3.8, 4) is 0 Å². The lowest BCUT2D eigenvalue weighted by Crippen LogP contribution is -2.11. The average Bonchev–Trinajstić information content (AvgIpc) is 2.18. The van der Waals surface area contributed by atoms with E-state index in [2.05, 4.69) is 9.97 Å². The van der Waals surface area contributed by atoms with Crippen LogP contribution in [0.4, 0.5) is 5.82 Å². The van der Waals surface area contributed by atoms with E-state index in [1.54, 1.807) is 6.92 Å². The third-order valence-corrected chi connectivity index (χ3v) is 1.84. The van der Waals surface area contributed by atoms with Gasteiger partial charge in [0.05, 0.1) is 6.61 Å². The van der Waals surface area contributed by atoms with Gasteiger partial charge in [0.15, 0.2) is 0 Å². The second kappa shape index (κ2) is 5.29. The minimum Gasteiger partial charge on any atom is -0.462 e. The summed E-state index contributed by atoms with van der Waals surface area (Å²) in [5.74, 6) is 0.369. The summed E-state index contributed by atoms with van der Waals surface area (Å²) in [7, 11) is 0. The van der Waals surface area contributed by atoms with E-state index in [9.17, 15) is 4.79 Å². The summed E-state index contributed by atoms with van der Waals surface area (Å²) >= 11 is 0. The quantitative estimate of drug-likeness (QED) is 0.753. The van der Waals surface area contributed by atoms with Crippen molar-refractivity contribution in [1.29, 1.82) is 0 Å². The number of anilines is 1. The van der Waals surface area contributed by atoms with Crippen LogP contribution < -0.4 is 5.73 Å². The maximum Gasteiger partial charge on any atom is 0.343 e. The smallest absolute Gasteiger partial charge is 0.343 e. The molecule has 0 spiro atoms. The molecule has 5 nitrogen and oxygen atoms in total. The largest absolute Gasteiger partial charge is 0.462 e. The lowest BCUT2D eigenvalue weighted by molar-refractivity contribution is 0.0526. The van der Waals surface area contributed by atoms with Gasteiger partial charge in [-0.2, -0.15) is 0 Å². The van der Waals surface area contributed by atoms with Crippen LogP contribution in [-0.2, 0) is 11.2 Å². The van der Waals surface area contributed by atoms with Gasteiger partial charge in [0.2, 0.25) is 0 Å². The Labute approximate surface area is 88.7 Å². The van der Waals surface area contributed by atoms with Crippen LogP contribution in [0.2, 0.25) is 0 Å². The maximum absolute atomic E-state index is 11.4. The predicted molar refractivity (Wildman–Crippen MR) is 56.4 cm³/mol. The molecular weight excluding hydrogens is 194 g/mol. The van der Waals surface area contributed by atoms with E-state index in [-0.39, 0.29) is 11.4 Å². The van der Waals surface area contributed by atoms with Crippen molar-refractivity contribution in [2.24, 2.45) is 0 Å². The molecule has 0 aliphatic heterocycles. The third-order valence-electron chi connectivity index (χ3n) is 1.84. The Bertz CT molecular complexity index is 353. The Kier molecular flexibility index (Phi) is 4.03. The standard InChI is InChI=1S/C10H15N3O2/c1-3-5-8-12-6-7(9(11)13-8)10(14)15-4-2/h6H,3-5H2,1-2H3,(H2,11,12,13). The fraction of sp³-hybridized carbons (Fsp3) is 0.500. The molecule has 0 bridgehead atoms. The summed E-state index contributed by atoms with van der Waals surface area (Å²) in [5.41, 5.74) is 5.86. The van der Waals surface area contributed by atoms with Gasteiger partial charge in [-0.05, 0) is 13.3 Å². The van der Waals surface area contributed by atoms with Gasteiger partial charge in [-0.25, -0.2) is 14.8 Å². The Morgan fingerprint density at radius 2 is 2.27 bits per heavy atom. The molecule has 0 atom stereocenters. The lowest BCUT2D eigenvalue weighted by atomic mass is 10.3. The van der Waals surface area contributed by atoms with Crippen molar-refractivity contribution < 1.29 is 9.53 Å². The molecule has 0 saturated carbocycles. The molecule has 1 aromatic rings. The normalized spacial score (nSPS) is 10.0. The summed E-state index contributed by atoms with van der Waals surface area (Å²) in [4.78, 5) is 19.4. The number of aryl methyl sites for hydroxylation is 1. The fourth-order valence-electron chi connectivity index (χ4n) is 1.14. The van der Waals surface area contributed by atoms with Gasteiger partial charge in [0.1, 0.15) is 17.2 Å². The molecule has 5 heteroatoms. The Balaban J connectivity index is 2.87. The van der Waals surface area contributed by atoms with E-state index in [0.29, 0.717) is 12.4 Å². The minimum absolute atomic E-state index is 0.187. The summed E-state index contributed by atoms with van der Waals surface area (Å²) in [5, 5.41) is 0. The first kappa shape index (κ1) is 11.4. The Morgan fingerprint density at radius 3 is 2.80 bits per heavy atom. The number of rotatable bonds is 4. The molecule has 1 rings (SSSR count). The molecule has 0 aliphatic rings. The monoisotopic (exact) mass is 209 g/mol. The summed E-state index contributed by atoms with van der Waals surface area (Å²) < 4.78 is 4.81. The van der Waals surface area contributed by atoms with Crippen molar-refractivity contribution in [2.75, 3.05) is 12.3 Å². The zero-order valence-electron chi connectivity index (χ0n) is 8.99. The predicted octanol–water partition coefficient (Wildman–Crippen LogP) is 1.19. The number of ether oxygens (including phenoxy) is 1. The average molecular weight is 209 g/mol. The van der Waals surface area contributed by atoms with Crippen molar-refractivity contribution in [3.63, 3.8) is 0 Å². The molecule has 0 unspecified atom stereocenters. The molecule has 0 radical (unpaired) electrons. The molecular formula is C10H15N3O2. The van der Waals surface area contributed by atoms with E-state index in [0.717, 1.165) is 12.8 Å². The van der Waals surface area contributed by atoms with Gasteiger partial charge < -0.3 is 10.5 Å². The molecule has 1 heterocycles. The highest BCUT2D eigenvalue weighted by Gasteiger charge is 2.12. The third kappa shape index (κ3) is 2.90. The summed E-state index contributed by atoms with van der Waals surface area (Å²) in [6.07, 6.45) is 3.12. The molecule has 0 aromatic carbocycles. The fourth-order valence-corrected chi connectivity index (χ4v) is 1.14. The molecule has 1 aromatic heterocycles. The first-order valence-corrected chi connectivity index (χ1v) is 4.97. The van der Waals surface area contributed by atoms with Gasteiger partial charge in [-0.15, -0.1) is 0 Å². The van der Waals surface area contributed by atoms with Crippen LogP contribution >= 0.6 is 0 Å². The van der Waals surface area contributed by atoms with Crippen molar-refractivity contribution in [1.82, 2.24) is 9.97 Å². The lowest BCUT2D eigenvalue weighted by Gasteiger charge is -2.05. The van der Waals surface area contributed by atoms with Crippen molar-refractivity contribution in [2.45, 2.75) is 26.7 Å². The molecule has 0 saturated heterocycles. The Hall–Kier alpha value is -1.65. The van der Waals surface area contributed by atoms with Crippen LogP contribution in [0, 0.1) is 0 Å². The second-order valence-corrected chi connectivity index (χ2v) is 3.06. The zero-order valence-corrected chi connectivity index (χ0v) is 8.99. The molecule has 15 heavy (non-hydrogen) atoms. The number of hydrogen-bond donors (Lipinski definition) is 1. The first-order chi connectivity index (χ1) is 7.19. The van der Waals surface area contributed by atoms with E-state index in [1.807, 2.05) is 6.92 Å². The van der Waals surface area contributed by atoms with Gasteiger partial charge in [0.25, 0.3) is 0 Å². The second-order valence-electron chi connectivity index (χ2n) is 3.06. The Morgan fingerprint density at radius 1 is 1.53 bits per heavy atom. The SMILES string of the molecule is CCCc1ncc(C(=O)OCC)c(N)n1. The molecule has 0 fully saturated rings. The highest BCUT2D eigenvalue weighted by Crippen LogP contribution is 2.09. The highest BCUT2D eigenvalue weighted by molar-refractivity contribution is 5.93. The van der Waals surface area contributed by atoms with Crippen molar-refractivity contribution >= 4 is 11.8 Å². The van der Waals surface area contributed by atoms with Gasteiger partial charge in [-0.1, -0.05) is 6.92 Å². The number of nitrogens with zero attached hydrogens (tertiary/aromatic N) is 2. The van der Waals surface area contributed by atoms with Crippen LogP contribution in [0.15, 0.2) is 6.20 Å².